The quantitative estimate of drug-likeness (QED) is 0.414. The molecule has 2 aromatic heterocycles. The van der Waals surface area contributed by atoms with Gasteiger partial charge in [0.1, 0.15) is 11.6 Å². The van der Waals surface area contributed by atoms with E-state index in [0.29, 0.717) is 47.5 Å². The lowest BCUT2D eigenvalue weighted by Gasteiger charge is -2.38. The highest BCUT2D eigenvalue weighted by Gasteiger charge is 2.26. The number of aryl methyl sites for hydroxylation is 1. The van der Waals surface area contributed by atoms with Gasteiger partial charge in [0.05, 0.1) is 24.3 Å². The number of halogens is 1. The third kappa shape index (κ3) is 4.74. The lowest BCUT2D eigenvalue weighted by molar-refractivity contribution is 0.102. The topological polar surface area (TPSA) is 106 Å². The molecule has 3 atom stereocenters. The summed E-state index contributed by atoms with van der Waals surface area (Å²) >= 11 is 0. The maximum absolute atomic E-state index is 14.6. The minimum absolute atomic E-state index is 0.128. The molecule has 2 aromatic carbocycles. The van der Waals surface area contributed by atoms with Crippen molar-refractivity contribution in [3.63, 3.8) is 0 Å². The average molecular weight is 520 g/mol. The molecule has 2 aliphatic heterocycles. The fourth-order valence-electron chi connectivity index (χ4n) is 5.37. The van der Waals surface area contributed by atoms with Gasteiger partial charge in [0.15, 0.2) is 5.82 Å². The van der Waals surface area contributed by atoms with Gasteiger partial charge in [-0.1, -0.05) is 0 Å². The van der Waals surface area contributed by atoms with Crippen LogP contribution in [0.25, 0.3) is 21.8 Å². The molecule has 6 rings (SSSR count). The van der Waals surface area contributed by atoms with E-state index in [9.17, 15) is 9.18 Å². The Morgan fingerprint density at radius 2 is 2.03 bits per heavy atom. The summed E-state index contributed by atoms with van der Waals surface area (Å²) in [6, 6.07) is 7.48. The van der Waals surface area contributed by atoms with Crippen LogP contribution in [0.3, 0.4) is 0 Å². The van der Waals surface area contributed by atoms with Gasteiger partial charge in [-0.15, -0.1) is 0 Å². The van der Waals surface area contributed by atoms with Crippen molar-refractivity contribution >= 4 is 39.1 Å². The van der Waals surface area contributed by atoms with Gasteiger partial charge in [-0.2, -0.15) is 10.1 Å². The number of anilines is 2. The Labute approximate surface area is 219 Å². The van der Waals surface area contributed by atoms with Gasteiger partial charge in [0.2, 0.25) is 0 Å². The molecule has 2 saturated heterocycles. The summed E-state index contributed by atoms with van der Waals surface area (Å²) in [7, 11) is 1.72. The van der Waals surface area contributed by atoms with Crippen LogP contribution in [0.15, 0.2) is 36.7 Å². The third-order valence-corrected chi connectivity index (χ3v) is 6.94. The summed E-state index contributed by atoms with van der Waals surface area (Å²) in [5, 5.41) is 11.9. The second-order valence-electron chi connectivity index (χ2n) is 10.2. The van der Waals surface area contributed by atoms with Crippen LogP contribution in [0, 0.1) is 5.82 Å². The van der Waals surface area contributed by atoms with Gasteiger partial charge in [-0.05, 0) is 38.1 Å². The van der Waals surface area contributed by atoms with Crippen molar-refractivity contribution < 1.29 is 18.7 Å². The highest BCUT2D eigenvalue weighted by Crippen LogP contribution is 2.32. The smallest absolute Gasteiger partial charge is 0.317 e. The van der Waals surface area contributed by atoms with Crippen LogP contribution < -0.4 is 20.3 Å². The zero-order valence-electron chi connectivity index (χ0n) is 21.6. The molecule has 0 bridgehead atoms. The molecule has 198 valence electrons. The molecule has 1 unspecified atom stereocenters. The number of benzene rings is 2. The van der Waals surface area contributed by atoms with Crippen molar-refractivity contribution in [3.05, 3.63) is 48.0 Å². The molecule has 11 heteroatoms. The predicted octanol–water partition coefficient (Wildman–Crippen LogP) is 3.26. The minimum Gasteiger partial charge on any atom is -0.458 e. The largest absolute Gasteiger partial charge is 0.458 e. The number of piperazine rings is 1. The van der Waals surface area contributed by atoms with Crippen molar-refractivity contribution in [2.45, 2.75) is 38.5 Å². The highest BCUT2D eigenvalue weighted by molar-refractivity contribution is 6.14. The lowest BCUT2D eigenvalue weighted by Crippen LogP contribution is -2.54. The SMILES string of the molecule is C[C@H]1CN(c2ccc(C(=O)Nc3cc(F)c4nn(C)cc4c3)c3nc(OC4CCOC4)ncc23)C[C@H](C)N1. The summed E-state index contributed by atoms with van der Waals surface area (Å²) in [5.41, 5.74) is 2.37. The van der Waals surface area contributed by atoms with Crippen molar-refractivity contribution in [2.75, 3.05) is 36.5 Å². The van der Waals surface area contributed by atoms with Gasteiger partial charge >= 0.3 is 6.01 Å². The summed E-state index contributed by atoms with van der Waals surface area (Å²) in [6.07, 6.45) is 4.06. The lowest BCUT2D eigenvalue weighted by atomic mass is 10.0. The average Bonchev–Trinajstić information content (AvgIpc) is 3.51. The Balaban J connectivity index is 1.38. The standard InChI is InChI=1S/C27H30FN7O3/c1-15-11-35(12-16(2)30-15)23-5-4-20(25-21(23)10-29-27(32-25)38-19-6-7-37-14-19)26(36)31-18-8-17-13-34(3)33-24(17)22(28)9-18/h4-5,8-10,13,15-16,19,30H,6-7,11-12,14H2,1-3H3,(H,31,36)/t15-,16-,19?/m0/s1. The number of hydrogen-bond donors (Lipinski definition) is 2. The van der Waals surface area contributed by atoms with Crippen molar-refractivity contribution in [2.24, 2.45) is 7.05 Å². The van der Waals surface area contributed by atoms with Crippen molar-refractivity contribution in [1.82, 2.24) is 25.1 Å². The molecule has 0 spiro atoms. The molecular formula is C27H30FN7O3. The molecule has 0 saturated carbocycles. The Hall–Kier alpha value is -3.83. The van der Waals surface area contributed by atoms with Crippen LogP contribution in [0.2, 0.25) is 0 Å². The first-order valence-electron chi connectivity index (χ1n) is 12.8. The molecular weight excluding hydrogens is 489 g/mol. The number of nitrogens with one attached hydrogen (secondary N) is 2. The first-order chi connectivity index (χ1) is 18.3. The number of hydrogen-bond acceptors (Lipinski definition) is 8. The van der Waals surface area contributed by atoms with E-state index in [4.69, 9.17) is 9.47 Å². The Bertz CT molecular complexity index is 1510. The maximum Gasteiger partial charge on any atom is 0.317 e. The van der Waals surface area contributed by atoms with E-state index in [2.05, 4.69) is 44.4 Å². The van der Waals surface area contributed by atoms with E-state index >= 15 is 0 Å². The first kappa shape index (κ1) is 24.5. The Kier molecular flexibility index (Phi) is 6.32. The van der Waals surface area contributed by atoms with Gasteiger partial charge < -0.3 is 25.0 Å². The number of carbonyl (C=O) groups is 1. The Morgan fingerprint density at radius 1 is 1.21 bits per heavy atom. The molecule has 2 aliphatic rings. The van der Waals surface area contributed by atoms with Crippen LogP contribution in [-0.2, 0) is 11.8 Å². The second kappa shape index (κ2) is 9.80. The zero-order valence-corrected chi connectivity index (χ0v) is 21.6. The summed E-state index contributed by atoms with van der Waals surface area (Å²) in [6.45, 7) is 7.04. The van der Waals surface area contributed by atoms with Gasteiger partial charge in [0.25, 0.3) is 5.91 Å². The molecule has 10 nitrogen and oxygen atoms in total. The highest BCUT2D eigenvalue weighted by atomic mass is 19.1. The van der Waals surface area contributed by atoms with Crippen LogP contribution in [0.5, 0.6) is 6.01 Å². The second-order valence-corrected chi connectivity index (χ2v) is 10.2. The van der Waals surface area contributed by atoms with Crippen LogP contribution in [-0.4, -0.2) is 70.1 Å². The van der Waals surface area contributed by atoms with E-state index in [0.717, 1.165) is 30.6 Å². The van der Waals surface area contributed by atoms with Crippen LogP contribution >= 0.6 is 0 Å². The molecule has 4 heterocycles. The number of nitrogens with zero attached hydrogens (tertiary/aromatic N) is 5. The molecule has 0 radical (unpaired) electrons. The molecule has 1 amide bonds. The minimum atomic E-state index is -0.502. The van der Waals surface area contributed by atoms with E-state index < -0.39 is 11.7 Å². The molecule has 0 aliphatic carbocycles. The van der Waals surface area contributed by atoms with E-state index in [1.54, 1.807) is 31.6 Å². The number of fused-ring (bicyclic) bond motifs is 2. The fourth-order valence-corrected chi connectivity index (χ4v) is 5.37. The van der Waals surface area contributed by atoms with E-state index in [1.165, 1.54) is 10.7 Å². The maximum atomic E-state index is 14.6. The van der Waals surface area contributed by atoms with E-state index in [1.807, 2.05) is 6.07 Å². The van der Waals surface area contributed by atoms with Gasteiger partial charge in [-0.3, -0.25) is 9.48 Å². The van der Waals surface area contributed by atoms with Crippen molar-refractivity contribution in [1.29, 1.82) is 0 Å². The van der Waals surface area contributed by atoms with Gasteiger partial charge in [-0.25, -0.2) is 9.37 Å². The number of rotatable bonds is 5. The van der Waals surface area contributed by atoms with Crippen molar-refractivity contribution in [3.8, 4) is 6.01 Å². The predicted molar refractivity (Wildman–Crippen MR) is 142 cm³/mol. The molecule has 2 N–H and O–H groups in total. The first-order valence-corrected chi connectivity index (χ1v) is 12.8. The van der Waals surface area contributed by atoms with E-state index in [-0.39, 0.29) is 17.6 Å². The summed E-state index contributed by atoms with van der Waals surface area (Å²) in [5.74, 6) is -0.905. The van der Waals surface area contributed by atoms with Crippen LogP contribution in [0.4, 0.5) is 15.8 Å². The zero-order chi connectivity index (χ0) is 26.4. The van der Waals surface area contributed by atoms with Gasteiger partial charge in [0, 0.05) is 73.2 Å². The molecule has 38 heavy (non-hydrogen) atoms. The molecule has 2 fully saturated rings. The normalized spacial score (nSPS) is 21.8. The third-order valence-electron chi connectivity index (χ3n) is 6.94. The summed E-state index contributed by atoms with van der Waals surface area (Å²) in [4.78, 5) is 25.0. The summed E-state index contributed by atoms with van der Waals surface area (Å²) < 4.78 is 27.6. The number of carbonyl (C=O) groups excluding carboxylic acids is 1. The monoisotopic (exact) mass is 519 g/mol. The Morgan fingerprint density at radius 3 is 2.79 bits per heavy atom. The molecule has 4 aromatic rings. The van der Waals surface area contributed by atoms with Crippen LogP contribution in [0.1, 0.15) is 30.6 Å². The fraction of sp³-hybridized carbons (Fsp3) is 0.407. The number of aromatic nitrogens is 4. The number of amides is 1. The number of ether oxygens (including phenoxy) is 2.